The molecular formula is C23H21NO3. The van der Waals surface area contributed by atoms with E-state index < -0.39 is 0 Å². The molecule has 0 saturated carbocycles. The number of carbonyl (C=O) groups excluding carboxylic acids is 1. The van der Waals surface area contributed by atoms with Crippen LogP contribution in [0, 0.1) is 6.92 Å². The molecular weight excluding hydrogens is 338 g/mol. The van der Waals surface area contributed by atoms with Crippen molar-refractivity contribution in [3.05, 3.63) is 89.5 Å². The number of fused-ring (bicyclic) bond motifs is 1. The van der Waals surface area contributed by atoms with Crippen LogP contribution in [0.1, 0.15) is 16.7 Å². The Balaban J connectivity index is 1.61. The predicted octanol–water partition coefficient (Wildman–Crippen LogP) is 4.50. The normalized spacial score (nSPS) is 12.0. The lowest BCUT2D eigenvalue weighted by atomic mass is 10.1. The van der Waals surface area contributed by atoms with Crippen molar-refractivity contribution < 1.29 is 14.3 Å². The fraction of sp³-hybridized carbons (Fsp3) is 0.174. The number of para-hydroxylation sites is 1. The summed E-state index contributed by atoms with van der Waals surface area (Å²) in [6.45, 7) is 2.80. The van der Waals surface area contributed by atoms with E-state index in [9.17, 15) is 4.79 Å². The average Bonchev–Trinajstić information content (AvgIpc) is 3.15. The van der Waals surface area contributed by atoms with Gasteiger partial charge < -0.3 is 14.4 Å². The summed E-state index contributed by atoms with van der Waals surface area (Å²) in [4.78, 5) is 15.1. The number of ether oxygens (including phenoxy) is 2. The Morgan fingerprint density at radius 3 is 2.44 bits per heavy atom. The van der Waals surface area contributed by atoms with Crippen molar-refractivity contribution in [3.8, 4) is 11.5 Å². The lowest BCUT2D eigenvalue weighted by molar-refractivity contribution is -0.118. The first kappa shape index (κ1) is 17.2. The van der Waals surface area contributed by atoms with E-state index in [1.54, 1.807) is 0 Å². The summed E-state index contributed by atoms with van der Waals surface area (Å²) >= 11 is 0. The highest BCUT2D eigenvalue weighted by Gasteiger charge is 2.20. The minimum atomic E-state index is 0.0482. The predicted molar refractivity (Wildman–Crippen MR) is 105 cm³/mol. The van der Waals surface area contributed by atoms with Crippen LogP contribution in [0.3, 0.4) is 0 Å². The topological polar surface area (TPSA) is 38.8 Å². The molecule has 4 nitrogen and oxygen atoms in total. The molecule has 0 saturated heterocycles. The molecule has 4 heteroatoms. The van der Waals surface area contributed by atoms with Gasteiger partial charge in [0, 0.05) is 5.69 Å². The Morgan fingerprint density at radius 1 is 0.889 bits per heavy atom. The van der Waals surface area contributed by atoms with Crippen molar-refractivity contribution in [1.82, 2.24) is 0 Å². The van der Waals surface area contributed by atoms with Crippen LogP contribution in [0.2, 0.25) is 0 Å². The summed E-state index contributed by atoms with van der Waals surface area (Å²) in [7, 11) is 0. The molecule has 1 aliphatic rings. The van der Waals surface area contributed by atoms with Crippen molar-refractivity contribution in [2.75, 3.05) is 11.7 Å². The van der Waals surface area contributed by atoms with Crippen molar-refractivity contribution >= 4 is 11.6 Å². The SMILES string of the molecule is Cc1ccccc1N(Cc1ccccc1)C(=O)Cc1ccc2c(c1)OCO2. The van der Waals surface area contributed by atoms with Crippen LogP contribution in [0.25, 0.3) is 0 Å². The smallest absolute Gasteiger partial charge is 0.231 e. The van der Waals surface area contributed by atoms with Crippen LogP contribution in [0.15, 0.2) is 72.8 Å². The average molecular weight is 359 g/mol. The maximum Gasteiger partial charge on any atom is 0.231 e. The van der Waals surface area contributed by atoms with Gasteiger partial charge in [-0.05, 0) is 41.8 Å². The molecule has 3 aromatic rings. The van der Waals surface area contributed by atoms with Gasteiger partial charge in [-0.15, -0.1) is 0 Å². The van der Waals surface area contributed by atoms with Gasteiger partial charge in [-0.3, -0.25) is 4.79 Å². The van der Waals surface area contributed by atoms with Crippen molar-refractivity contribution in [2.24, 2.45) is 0 Å². The standard InChI is InChI=1S/C23H21NO3/c1-17-7-5-6-10-20(17)24(15-18-8-3-2-4-9-18)23(25)14-19-11-12-21-22(13-19)27-16-26-21/h2-13H,14-16H2,1H3. The largest absolute Gasteiger partial charge is 0.454 e. The fourth-order valence-electron chi connectivity index (χ4n) is 3.26. The molecule has 3 aromatic carbocycles. The maximum atomic E-state index is 13.2. The van der Waals surface area contributed by atoms with Crippen molar-refractivity contribution in [3.63, 3.8) is 0 Å². The minimum Gasteiger partial charge on any atom is -0.454 e. The minimum absolute atomic E-state index is 0.0482. The fourth-order valence-corrected chi connectivity index (χ4v) is 3.26. The molecule has 0 fully saturated rings. The molecule has 0 spiro atoms. The van der Waals surface area contributed by atoms with E-state index in [0.717, 1.165) is 28.1 Å². The summed E-state index contributed by atoms with van der Waals surface area (Å²) in [5, 5.41) is 0. The quantitative estimate of drug-likeness (QED) is 0.673. The van der Waals surface area contributed by atoms with Gasteiger partial charge in [-0.1, -0.05) is 54.6 Å². The highest BCUT2D eigenvalue weighted by Crippen LogP contribution is 2.33. The van der Waals surface area contributed by atoms with E-state index >= 15 is 0 Å². The number of hydrogen-bond acceptors (Lipinski definition) is 3. The summed E-state index contributed by atoms with van der Waals surface area (Å²) in [6.07, 6.45) is 0.303. The Labute approximate surface area is 159 Å². The second kappa shape index (κ2) is 7.54. The molecule has 1 aliphatic heterocycles. The van der Waals surface area contributed by atoms with Gasteiger partial charge in [0.2, 0.25) is 12.7 Å². The first-order valence-corrected chi connectivity index (χ1v) is 8.99. The van der Waals surface area contributed by atoms with Gasteiger partial charge in [0.05, 0.1) is 13.0 Å². The summed E-state index contributed by atoms with van der Waals surface area (Å²) in [5.41, 5.74) is 4.02. The third-order valence-electron chi connectivity index (χ3n) is 4.68. The molecule has 0 unspecified atom stereocenters. The lowest BCUT2D eigenvalue weighted by Crippen LogP contribution is -2.32. The maximum absolute atomic E-state index is 13.2. The Hall–Kier alpha value is -3.27. The molecule has 1 heterocycles. The van der Waals surface area contributed by atoms with Crippen LogP contribution < -0.4 is 14.4 Å². The number of amides is 1. The third-order valence-corrected chi connectivity index (χ3v) is 4.68. The monoisotopic (exact) mass is 359 g/mol. The molecule has 0 aromatic heterocycles. The molecule has 1 amide bonds. The zero-order valence-electron chi connectivity index (χ0n) is 15.2. The zero-order chi connectivity index (χ0) is 18.6. The summed E-state index contributed by atoms with van der Waals surface area (Å²) in [5.74, 6) is 1.48. The second-order valence-electron chi connectivity index (χ2n) is 6.62. The number of benzene rings is 3. The van der Waals surface area contributed by atoms with E-state index in [0.29, 0.717) is 18.7 Å². The molecule has 0 aliphatic carbocycles. The van der Waals surface area contributed by atoms with Gasteiger partial charge in [0.1, 0.15) is 0 Å². The van der Waals surface area contributed by atoms with Crippen LogP contribution >= 0.6 is 0 Å². The molecule has 0 atom stereocenters. The van der Waals surface area contributed by atoms with E-state index in [2.05, 4.69) is 0 Å². The molecule has 0 radical (unpaired) electrons. The molecule has 4 rings (SSSR count). The number of carbonyl (C=O) groups is 1. The van der Waals surface area contributed by atoms with Crippen LogP contribution in [-0.2, 0) is 17.8 Å². The third kappa shape index (κ3) is 3.80. The first-order valence-electron chi connectivity index (χ1n) is 8.99. The highest BCUT2D eigenvalue weighted by atomic mass is 16.7. The van der Waals surface area contributed by atoms with Crippen LogP contribution in [0.5, 0.6) is 11.5 Å². The Bertz CT molecular complexity index is 953. The van der Waals surface area contributed by atoms with Gasteiger partial charge in [0.25, 0.3) is 0 Å². The van der Waals surface area contributed by atoms with Gasteiger partial charge >= 0.3 is 0 Å². The van der Waals surface area contributed by atoms with E-state index in [1.165, 1.54) is 0 Å². The van der Waals surface area contributed by atoms with Crippen LogP contribution in [-0.4, -0.2) is 12.7 Å². The Morgan fingerprint density at radius 2 is 1.63 bits per heavy atom. The van der Waals surface area contributed by atoms with Crippen LogP contribution in [0.4, 0.5) is 5.69 Å². The van der Waals surface area contributed by atoms with Gasteiger partial charge in [0.15, 0.2) is 11.5 Å². The molecule has 136 valence electrons. The number of aryl methyl sites for hydroxylation is 1. The molecule has 0 N–H and O–H groups in total. The number of hydrogen-bond donors (Lipinski definition) is 0. The van der Waals surface area contributed by atoms with Gasteiger partial charge in [-0.25, -0.2) is 0 Å². The van der Waals surface area contributed by atoms with E-state index in [-0.39, 0.29) is 12.7 Å². The summed E-state index contributed by atoms with van der Waals surface area (Å²) in [6, 6.07) is 23.7. The van der Waals surface area contributed by atoms with Gasteiger partial charge in [-0.2, -0.15) is 0 Å². The van der Waals surface area contributed by atoms with Crippen molar-refractivity contribution in [1.29, 1.82) is 0 Å². The first-order chi connectivity index (χ1) is 13.2. The molecule has 27 heavy (non-hydrogen) atoms. The van der Waals surface area contributed by atoms with Crippen molar-refractivity contribution in [2.45, 2.75) is 19.9 Å². The lowest BCUT2D eigenvalue weighted by Gasteiger charge is -2.25. The Kier molecular flexibility index (Phi) is 4.79. The number of rotatable bonds is 5. The summed E-state index contributed by atoms with van der Waals surface area (Å²) < 4.78 is 10.8. The second-order valence-corrected chi connectivity index (χ2v) is 6.62. The van der Waals surface area contributed by atoms with E-state index in [1.807, 2.05) is 84.6 Å². The highest BCUT2D eigenvalue weighted by molar-refractivity contribution is 5.95. The molecule has 0 bridgehead atoms. The number of nitrogens with zero attached hydrogens (tertiary/aromatic N) is 1. The zero-order valence-corrected chi connectivity index (χ0v) is 15.2. The number of anilines is 1. The van der Waals surface area contributed by atoms with E-state index in [4.69, 9.17) is 9.47 Å².